The van der Waals surface area contributed by atoms with Crippen LogP contribution < -0.4 is 5.32 Å². The summed E-state index contributed by atoms with van der Waals surface area (Å²) in [6.45, 7) is 6.70. The van der Waals surface area contributed by atoms with Gasteiger partial charge in [-0.3, -0.25) is 0 Å². The fourth-order valence-corrected chi connectivity index (χ4v) is 3.16. The van der Waals surface area contributed by atoms with E-state index in [2.05, 4.69) is 17.2 Å². The van der Waals surface area contributed by atoms with Gasteiger partial charge >= 0.3 is 0 Å². The monoisotopic (exact) mass is 296 g/mol. The molecule has 2 rings (SSSR count). The number of phenols is 1. The molecule has 1 heterocycles. The number of hydrogen-bond acceptors (Lipinski definition) is 4. The summed E-state index contributed by atoms with van der Waals surface area (Å²) in [6.07, 6.45) is 0. The Labute approximate surface area is 122 Å². The third-order valence-electron chi connectivity index (χ3n) is 3.00. The normalized spacial score (nSPS) is 12.6. The molecule has 2 aromatic rings. The Bertz CT molecular complexity index is 583. The van der Waals surface area contributed by atoms with Crippen LogP contribution in [0.4, 0.5) is 0 Å². The third kappa shape index (κ3) is 3.26. The first-order valence-electron chi connectivity index (χ1n) is 6.12. The molecule has 0 saturated heterocycles. The number of para-hydroxylation sites is 1. The number of rotatable bonds is 4. The van der Waals surface area contributed by atoms with Crippen LogP contribution in [0.2, 0.25) is 5.02 Å². The number of nitrogens with zero attached hydrogens (tertiary/aromatic N) is 1. The lowest BCUT2D eigenvalue weighted by Gasteiger charge is -2.14. The molecule has 1 aromatic carbocycles. The zero-order valence-corrected chi connectivity index (χ0v) is 12.8. The maximum absolute atomic E-state index is 9.86. The van der Waals surface area contributed by atoms with Gasteiger partial charge in [0.15, 0.2) is 0 Å². The number of nitrogens with one attached hydrogen (secondary N) is 1. The van der Waals surface area contributed by atoms with Crippen LogP contribution in [0.1, 0.15) is 34.1 Å². The van der Waals surface area contributed by atoms with Crippen molar-refractivity contribution in [2.24, 2.45) is 0 Å². The standard InChI is InChI=1S/C14H17ClN2OS/c1-8(14-9(2)17-10(3)19-14)16-7-11-5-4-6-12(15)13(11)18/h4-6,8,16,18H,7H2,1-3H3. The first kappa shape index (κ1) is 14.3. The molecule has 0 saturated carbocycles. The van der Waals surface area contributed by atoms with Crippen molar-refractivity contribution in [2.45, 2.75) is 33.4 Å². The Morgan fingerprint density at radius 1 is 1.42 bits per heavy atom. The maximum atomic E-state index is 9.86. The van der Waals surface area contributed by atoms with Gasteiger partial charge in [-0.25, -0.2) is 4.98 Å². The zero-order valence-electron chi connectivity index (χ0n) is 11.2. The van der Waals surface area contributed by atoms with Crippen molar-refractivity contribution in [2.75, 3.05) is 0 Å². The number of halogens is 1. The van der Waals surface area contributed by atoms with Gasteiger partial charge in [-0.1, -0.05) is 23.7 Å². The van der Waals surface area contributed by atoms with Crippen LogP contribution in [0.3, 0.4) is 0 Å². The molecule has 0 aliphatic heterocycles. The van der Waals surface area contributed by atoms with E-state index in [1.54, 1.807) is 17.4 Å². The molecule has 5 heteroatoms. The summed E-state index contributed by atoms with van der Waals surface area (Å²) in [5.74, 6) is 0.154. The Hall–Kier alpha value is -1.10. The number of aromatic nitrogens is 1. The highest BCUT2D eigenvalue weighted by Crippen LogP contribution is 2.28. The number of hydrogen-bond donors (Lipinski definition) is 2. The van der Waals surface area contributed by atoms with E-state index in [0.717, 1.165) is 16.3 Å². The minimum Gasteiger partial charge on any atom is -0.506 e. The van der Waals surface area contributed by atoms with Crippen molar-refractivity contribution in [3.63, 3.8) is 0 Å². The SMILES string of the molecule is Cc1nc(C)c(C(C)NCc2cccc(Cl)c2O)s1. The second kappa shape index (κ2) is 5.90. The molecule has 1 aromatic heterocycles. The number of thiazole rings is 1. The summed E-state index contributed by atoms with van der Waals surface area (Å²) in [5, 5.41) is 14.7. The smallest absolute Gasteiger partial charge is 0.138 e. The molecule has 0 aliphatic carbocycles. The molecule has 0 amide bonds. The van der Waals surface area contributed by atoms with Crippen LogP contribution in [0, 0.1) is 13.8 Å². The van der Waals surface area contributed by atoms with Crippen molar-refractivity contribution in [3.05, 3.63) is 44.4 Å². The van der Waals surface area contributed by atoms with Gasteiger partial charge in [-0.05, 0) is 26.8 Å². The Balaban J connectivity index is 2.06. The number of phenolic OH excluding ortho intramolecular Hbond substituents is 1. The van der Waals surface area contributed by atoms with Gasteiger partial charge in [0, 0.05) is 23.0 Å². The predicted molar refractivity (Wildman–Crippen MR) is 80.0 cm³/mol. The molecule has 19 heavy (non-hydrogen) atoms. The Kier molecular flexibility index (Phi) is 4.45. The lowest BCUT2D eigenvalue weighted by Crippen LogP contribution is -2.18. The molecule has 0 spiro atoms. The van der Waals surface area contributed by atoms with Crippen LogP contribution >= 0.6 is 22.9 Å². The van der Waals surface area contributed by atoms with E-state index < -0.39 is 0 Å². The molecule has 0 radical (unpaired) electrons. The van der Waals surface area contributed by atoms with Crippen LogP contribution in [0.15, 0.2) is 18.2 Å². The lowest BCUT2D eigenvalue weighted by molar-refractivity contribution is 0.461. The lowest BCUT2D eigenvalue weighted by atomic mass is 10.1. The van der Waals surface area contributed by atoms with Gasteiger partial charge in [0.05, 0.1) is 15.7 Å². The number of aryl methyl sites for hydroxylation is 2. The zero-order chi connectivity index (χ0) is 14.0. The van der Waals surface area contributed by atoms with Crippen LogP contribution in [-0.2, 0) is 6.54 Å². The van der Waals surface area contributed by atoms with Crippen molar-refractivity contribution in [3.8, 4) is 5.75 Å². The van der Waals surface area contributed by atoms with Crippen molar-refractivity contribution >= 4 is 22.9 Å². The molecule has 102 valence electrons. The van der Waals surface area contributed by atoms with Gasteiger partial charge < -0.3 is 10.4 Å². The van der Waals surface area contributed by atoms with E-state index in [9.17, 15) is 5.11 Å². The highest BCUT2D eigenvalue weighted by molar-refractivity contribution is 7.11. The van der Waals surface area contributed by atoms with E-state index in [4.69, 9.17) is 11.6 Å². The molecule has 1 unspecified atom stereocenters. The highest BCUT2D eigenvalue weighted by Gasteiger charge is 2.13. The quantitative estimate of drug-likeness (QED) is 0.897. The summed E-state index contributed by atoms with van der Waals surface area (Å²) in [7, 11) is 0. The summed E-state index contributed by atoms with van der Waals surface area (Å²) >= 11 is 7.59. The number of aromatic hydroxyl groups is 1. The van der Waals surface area contributed by atoms with Crippen LogP contribution in [0.5, 0.6) is 5.75 Å². The van der Waals surface area contributed by atoms with Crippen molar-refractivity contribution < 1.29 is 5.11 Å². The molecule has 1 atom stereocenters. The van der Waals surface area contributed by atoms with Crippen LogP contribution in [0.25, 0.3) is 0 Å². The summed E-state index contributed by atoms with van der Waals surface area (Å²) in [6, 6.07) is 5.59. The van der Waals surface area contributed by atoms with E-state index in [1.807, 2.05) is 26.0 Å². The first-order valence-corrected chi connectivity index (χ1v) is 7.32. The second-order valence-electron chi connectivity index (χ2n) is 4.53. The molecule has 0 fully saturated rings. The molecular weight excluding hydrogens is 280 g/mol. The van der Waals surface area contributed by atoms with Crippen LogP contribution in [-0.4, -0.2) is 10.1 Å². The molecule has 3 nitrogen and oxygen atoms in total. The van der Waals surface area contributed by atoms with Gasteiger partial charge in [0.25, 0.3) is 0 Å². The van der Waals surface area contributed by atoms with E-state index in [0.29, 0.717) is 11.6 Å². The van der Waals surface area contributed by atoms with Gasteiger partial charge in [0.1, 0.15) is 5.75 Å². The Morgan fingerprint density at radius 3 is 2.79 bits per heavy atom. The third-order valence-corrected chi connectivity index (χ3v) is 4.56. The first-order chi connectivity index (χ1) is 8.99. The molecule has 0 aliphatic rings. The molecular formula is C14H17ClN2OS. The van der Waals surface area contributed by atoms with Crippen molar-refractivity contribution in [1.29, 1.82) is 0 Å². The van der Waals surface area contributed by atoms with Crippen molar-refractivity contribution in [1.82, 2.24) is 10.3 Å². The minimum atomic E-state index is 0.154. The summed E-state index contributed by atoms with van der Waals surface area (Å²) < 4.78 is 0. The van der Waals surface area contributed by atoms with Gasteiger partial charge in [-0.15, -0.1) is 11.3 Å². The fraction of sp³-hybridized carbons (Fsp3) is 0.357. The van der Waals surface area contributed by atoms with Gasteiger partial charge in [0.2, 0.25) is 0 Å². The minimum absolute atomic E-state index is 0.154. The summed E-state index contributed by atoms with van der Waals surface area (Å²) in [5.41, 5.74) is 1.87. The van der Waals surface area contributed by atoms with E-state index in [-0.39, 0.29) is 11.8 Å². The molecule has 2 N–H and O–H groups in total. The number of benzene rings is 1. The van der Waals surface area contributed by atoms with E-state index in [1.165, 1.54) is 4.88 Å². The largest absolute Gasteiger partial charge is 0.506 e. The summed E-state index contributed by atoms with van der Waals surface area (Å²) in [4.78, 5) is 5.66. The fourth-order valence-electron chi connectivity index (χ4n) is 2.01. The topological polar surface area (TPSA) is 45.2 Å². The Morgan fingerprint density at radius 2 is 2.16 bits per heavy atom. The highest BCUT2D eigenvalue weighted by atomic mass is 35.5. The maximum Gasteiger partial charge on any atom is 0.138 e. The predicted octanol–water partition coefficient (Wildman–Crippen LogP) is 3.97. The average Bonchev–Trinajstić information content (AvgIpc) is 2.70. The average molecular weight is 297 g/mol. The van der Waals surface area contributed by atoms with Gasteiger partial charge in [-0.2, -0.15) is 0 Å². The van der Waals surface area contributed by atoms with E-state index >= 15 is 0 Å². The molecule has 0 bridgehead atoms. The second-order valence-corrected chi connectivity index (χ2v) is 6.17.